The van der Waals surface area contributed by atoms with Crippen LogP contribution in [-0.4, -0.2) is 42.9 Å². The Kier molecular flexibility index (Phi) is 8.18. The van der Waals surface area contributed by atoms with E-state index >= 15 is 0 Å². The van der Waals surface area contributed by atoms with E-state index in [1.807, 2.05) is 0 Å². The van der Waals surface area contributed by atoms with E-state index in [-0.39, 0.29) is 46.9 Å². The van der Waals surface area contributed by atoms with Crippen LogP contribution < -0.4 is 4.74 Å². The van der Waals surface area contributed by atoms with Gasteiger partial charge in [0.25, 0.3) is 0 Å². The molecule has 3 aliphatic rings. The molecule has 2 atom stereocenters. The Morgan fingerprint density at radius 3 is 2.40 bits per heavy atom. The number of aliphatic carboxylic acids is 1. The first-order chi connectivity index (χ1) is 21.4. The molecule has 1 amide bonds. The van der Waals surface area contributed by atoms with Crippen molar-refractivity contribution in [2.75, 3.05) is 6.54 Å². The van der Waals surface area contributed by atoms with Gasteiger partial charge in [0.15, 0.2) is 9.84 Å². The van der Waals surface area contributed by atoms with Crippen LogP contribution in [0.3, 0.4) is 0 Å². The summed E-state index contributed by atoms with van der Waals surface area (Å²) in [5.74, 6) is -2.02. The Bertz CT molecular complexity index is 1740. The summed E-state index contributed by atoms with van der Waals surface area (Å²) in [6, 6.07) is 13.6. The highest BCUT2D eigenvalue weighted by Gasteiger charge is 2.61. The molecule has 0 unspecified atom stereocenters. The minimum absolute atomic E-state index is 0.0274. The molecule has 0 radical (unpaired) electrons. The van der Waals surface area contributed by atoms with Gasteiger partial charge in [0.05, 0.1) is 21.4 Å². The van der Waals surface area contributed by atoms with Crippen LogP contribution in [0, 0.1) is 23.0 Å². The molecule has 1 saturated carbocycles. The highest BCUT2D eigenvalue weighted by molar-refractivity contribution is 7.92. The van der Waals surface area contributed by atoms with Crippen molar-refractivity contribution in [2.24, 2.45) is 11.3 Å². The number of rotatable bonds is 7. The van der Waals surface area contributed by atoms with Crippen molar-refractivity contribution in [3.63, 3.8) is 0 Å². The molecular formula is C34H34ClF2NO6S. The maximum Gasteiger partial charge on any atom is 0.309 e. The van der Waals surface area contributed by atoms with Gasteiger partial charge in [-0.3, -0.25) is 9.59 Å². The number of nitrogens with zero attached hydrogens (tertiary/aromatic N) is 1. The van der Waals surface area contributed by atoms with Crippen LogP contribution in [0.2, 0.25) is 5.02 Å². The van der Waals surface area contributed by atoms with Crippen LogP contribution >= 0.6 is 11.6 Å². The van der Waals surface area contributed by atoms with Crippen LogP contribution in [0.1, 0.15) is 62.1 Å². The van der Waals surface area contributed by atoms with Crippen LogP contribution in [0.5, 0.6) is 5.75 Å². The second kappa shape index (κ2) is 11.7. The minimum atomic E-state index is -4.14. The van der Waals surface area contributed by atoms with Crippen LogP contribution in [0.25, 0.3) is 0 Å². The van der Waals surface area contributed by atoms with E-state index in [1.165, 1.54) is 24.3 Å². The number of halogens is 3. The molecule has 1 aliphatic heterocycles. The van der Waals surface area contributed by atoms with Crippen LogP contribution in [0.15, 0.2) is 65.6 Å². The number of carboxylic acids is 1. The second-order valence-electron chi connectivity index (χ2n) is 12.6. The first-order valence-corrected chi connectivity index (χ1v) is 17.0. The number of fused-ring (bicyclic) bond motifs is 3. The lowest BCUT2D eigenvalue weighted by Crippen LogP contribution is -2.53. The van der Waals surface area contributed by atoms with Crippen molar-refractivity contribution in [1.29, 1.82) is 0 Å². The third-order valence-corrected chi connectivity index (χ3v) is 13.0. The van der Waals surface area contributed by atoms with E-state index in [1.54, 1.807) is 36.1 Å². The molecule has 3 aromatic rings. The summed E-state index contributed by atoms with van der Waals surface area (Å²) in [6.07, 6.45) is 2.60. The number of carboxylic acid groups (broad SMARTS) is 1. The largest absolute Gasteiger partial charge is 0.489 e. The Balaban J connectivity index is 1.35. The van der Waals surface area contributed by atoms with Crippen molar-refractivity contribution >= 4 is 33.3 Å². The van der Waals surface area contributed by atoms with Crippen molar-refractivity contribution in [3.8, 4) is 5.75 Å². The number of ether oxygens (including phenoxy) is 1. The average molecular weight is 658 g/mol. The highest BCUT2D eigenvalue weighted by Crippen LogP contribution is 2.54. The molecule has 0 bridgehead atoms. The summed E-state index contributed by atoms with van der Waals surface area (Å²) < 4.78 is 61.9. The fourth-order valence-corrected chi connectivity index (χ4v) is 10.0. The smallest absolute Gasteiger partial charge is 0.309 e. The maximum absolute atomic E-state index is 14.6. The lowest BCUT2D eigenvalue weighted by atomic mass is 9.71. The number of hydrogen-bond donors (Lipinski definition) is 1. The number of benzene rings is 3. The Hall–Kier alpha value is -3.50. The third-order valence-electron chi connectivity index (χ3n) is 10.1. The van der Waals surface area contributed by atoms with Gasteiger partial charge in [0, 0.05) is 18.0 Å². The Morgan fingerprint density at radius 2 is 1.73 bits per heavy atom. The monoisotopic (exact) mass is 657 g/mol. The van der Waals surface area contributed by atoms with E-state index in [9.17, 15) is 31.9 Å². The number of amides is 1. The number of aryl methyl sites for hydroxylation is 1. The van der Waals surface area contributed by atoms with Gasteiger partial charge in [0.2, 0.25) is 5.91 Å². The summed E-state index contributed by atoms with van der Waals surface area (Å²) in [6.45, 7) is 1.81. The lowest BCUT2D eigenvalue weighted by Gasteiger charge is -2.43. The molecular weight excluding hydrogens is 624 g/mol. The SMILES string of the molecule is CC1(C(=O)O)CCC(C(=O)N2CC[C@@]3(S(=O)(=O)c4ccc(F)cc4)c4ccc(OCc5c(F)cccc5Cl)cc4CC[C@@H]23)CC1. The summed E-state index contributed by atoms with van der Waals surface area (Å²) in [5, 5.41) is 9.89. The van der Waals surface area contributed by atoms with Gasteiger partial charge >= 0.3 is 5.97 Å². The summed E-state index contributed by atoms with van der Waals surface area (Å²) in [7, 11) is -4.14. The summed E-state index contributed by atoms with van der Waals surface area (Å²) in [5.41, 5.74) is 0.650. The van der Waals surface area contributed by atoms with E-state index in [0.29, 0.717) is 49.8 Å². The first-order valence-electron chi connectivity index (χ1n) is 15.1. The standard InChI is InChI=1S/C34H34ClF2NO6S/c1-33(32(40)41)15-13-21(14-16-33)31(39)38-18-17-34(45(42,43)25-9-6-23(36)7-10-25)27-11-8-24(19-22(27)5-12-30(34)38)44-20-26-28(35)3-2-4-29(26)37/h2-4,6-11,19,21,30H,5,12-18,20H2,1H3,(H,40,41)/t21?,30-,33?,34-/m1/s1. The van der Waals surface area contributed by atoms with Crippen LogP contribution in [-0.2, 0) is 37.2 Å². The van der Waals surface area contributed by atoms with Crippen molar-refractivity contribution in [3.05, 3.63) is 94.0 Å². The van der Waals surface area contributed by atoms with Crippen molar-refractivity contribution in [1.82, 2.24) is 4.90 Å². The molecule has 2 fully saturated rings. The molecule has 11 heteroatoms. The Labute approximate surface area is 266 Å². The fraction of sp³-hybridized carbons (Fsp3) is 0.412. The third kappa shape index (κ3) is 5.29. The van der Waals surface area contributed by atoms with Gasteiger partial charge in [-0.1, -0.05) is 23.7 Å². The Morgan fingerprint density at radius 1 is 1.02 bits per heavy atom. The zero-order valence-electron chi connectivity index (χ0n) is 24.8. The molecule has 238 valence electrons. The number of likely N-dealkylation sites (tertiary alicyclic amines) is 1. The molecule has 0 aromatic heterocycles. The zero-order valence-corrected chi connectivity index (χ0v) is 26.3. The zero-order chi connectivity index (χ0) is 32.1. The van der Waals surface area contributed by atoms with Gasteiger partial charge in [-0.15, -0.1) is 0 Å². The molecule has 3 aromatic carbocycles. The molecule has 1 N–H and O–H groups in total. The summed E-state index contributed by atoms with van der Waals surface area (Å²) >= 11 is 6.16. The van der Waals surface area contributed by atoms with E-state index < -0.39 is 43.6 Å². The van der Waals surface area contributed by atoms with E-state index in [2.05, 4.69) is 0 Å². The molecule has 0 spiro atoms. The quantitative estimate of drug-likeness (QED) is 0.284. The number of hydrogen-bond acceptors (Lipinski definition) is 5. The number of carbonyl (C=O) groups is 2. The van der Waals surface area contributed by atoms with Gasteiger partial charge in [0.1, 0.15) is 28.7 Å². The minimum Gasteiger partial charge on any atom is -0.489 e. The predicted molar refractivity (Wildman–Crippen MR) is 164 cm³/mol. The van der Waals surface area contributed by atoms with Gasteiger partial charge in [-0.25, -0.2) is 17.2 Å². The molecule has 1 heterocycles. The topological polar surface area (TPSA) is 101 Å². The number of sulfone groups is 1. The van der Waals surface area contributed by atoms with E-state index in [4.69, 9.17) is 16.3 Å². The molecule has 1 saturated heterocycles. The molecule has 7 nitrogen and oxygen atoms in total. The van der Waals surface area contributed by atoms with Gasteiger partial charge in [-0.05, 0) is 112 Å². The highest BCUT2D eigenvalue weighted by atomic mass is 35.5. The van der Waals surface area contributed by atoms with Gasteiger partial charge in [-0.2, -0.15) is 0 Å². The predicted octanol–water partition coefficient (Wildman–Crippen LogP) is 6.69. The van der Waals surface area contributed by atoms with Crippen molar-refractivity contribution < 1.29 is 36.6 Å². The maximum atomic E-state index is 14.6. The molecule has 6 rings (SSSR count). The number of carbonyl (C=O) groups excluding carboxylic acids is 1. The van der Waals surface area contributed by atoms with Crippen molar-refractivity contribution in [2.45, 2.75) is 74.2 Å². The lowest BCUT2D eigenvalue weighted by molar-refractivity contribution is -0.152. The summed E-state index contributed by atoms with van der Waals surface area (Å²) in [4.78, 5) is 27.4. The first kappa shape index (κ1) is 31.5. The average Bonchev–Trinajstić information content (AvgIpc) is 3.43. The molecule has 45 heavy (non-hydrogen) atoms. The molecule has 2 aliphatic carbocycles. The second-order valence-corrected chi connectivity index (χ2v) is 15.2. The van der Waals surface area contributed by atoms with Gasteiger partial charge < -0.3 is 14.7 Å². The van der Waals surface area contributed by atoms with Crippen LogP contribution in [0.4, 0.5) is 8.78 Å². The normalized spacial score (nSPS) is 26.2. The van der Waals surface area contributed by atoms with E-state index in [0.717, 1.165) is 17.7 Å². The fourth-order valence-electron chi connectivity index (χ4n) is 7.46.